The van der Waals surface area contributed by atoms with Crippen molar-refractivity contribution in [2.75, 3.05) is 39.1 Å². The average molecular weight is 390 g/mol. The summed E-state index contributed by atoms with van der Waals surface area (Å²) >= 11 is 5.99. The molecule has 144 valence electrons. The fraction of sp³-hybridized carbons (Fsp3) is 0.350. The van der Waals surface area contributed by atoms with Crippen LogP contribution < -0.4 is 15.8 Å². The van der Waals surface area contributed by atoms with E-state index in [2.05, 4.69) is 22.3 Å². The number of carbonyl (C=O) groups excluding carboxylic acids is 1. The number of nitrogens with two attached hydrogens (primary N) is 1. The molecule has 1 heterocycles. The number of halogens is 1. The molecule has 1 saturated heterocycles. The molecule has 3 rings (SSSR count). The second kappa shape index (κ2) is 9.08. The predicted molar refractivity (Wildman–Crippen MR) is 106 cm³/mol. The zero-order valence-electron chi connectivity index (χ0n) is 15.3. The fourth-order valence-electron chi connectivity index (χ4n) is 3.11. The Hall–Kier alpha value is -2.28. The SMILES string of the molecule is COc1cc(Cl)c(N)cc1C(=O)NCC1CN(Cc2ccccc2)CCO1. The Bertz CT molecular complexity index is 786. The van der Waals surface area contributed by atoms with E-state index in [0.717, 1.165) is 19.6 Å². The summed E-state index contributed by atoms with van der Waals surface area (Å²) in [7, 11) is 1.49. The van der Waals surface area contributed by atoms with Crippen LogP contribution in [-0.2, 0) is 11.3 Å². The molecule has 27 heavy (non-hydrogen) atoms. The molecule has 1 atom stereocenters. The number of ether oxygens (including phenoxy) is 2. The van der Waals surface area contributed by atoms with Gasteiger partial charge in [0.25, 0.3) is 5.91 Å². The van der Waals surface area contributed by atoms with Gasteiger partial charge in [-0.2, -0.15) is 0 Å². The van der Waals surface area contributed by atoms with Gasteiger partial charge in [-0.05, 0) is 11.6 Å². The van der Waals surface area contributed by atoms with Gasteiger partial charge in [-0.1, -0.05) is 41.9 Å². The average Bonchev–Trinajstić information content (AvgIpc) is 2.69. The number of hydrogen-bond donors (Lipinski definition) is 2. The van der Waals surface area contributed by atoms with Crippen LogP contribution in [0.3, 0.4) is 0 Å². The number of morpholine rings is 1. The Labute approximate surface area is 164 Å². The molecule has 0 saturated carbocycles. The molecule has 2 aromatic carbocycles. The van der Waals surface area contributed by atoms with Crippen LogP contribution in [0, 0.1) is 0 Å². The molecular weight excluding hydrogens is 366 g/mol. The molecular formula is C20H24ClN3O3. The highest BCUT2D eigenvalue weighted by Crippen LogP contribution is 2.28. The molecule has 7 heteroatoms. The van der Waals surface area contributed by atoms with Gasteiger partial charge in [0.05, 0.1) is 36.1 Å². The van der Waals surface area contributed by atoms with E-state index in [1.165, 1.54) is 18.7 Å². The summed E-state index contributed by atoms with van der Waals surface area (Å²) < 4.78 is 11.0. The summed E-state index contributed by atoms with van der Waals surface area (Å²) in [6, 6.07) is 13.4. The minimum Gasteiger partial charge on any atom is -0.496 e. The maximum absolute atomic E-state index is 12.5. The number of amides is 1. The number of nitrogens with one attached hydrogen (secondary N) is 1. The number of hydrogen-bond acceptors (Lipinski definition) is 5. The molecule has 1 fully saturated rings. The first-order valence-corrected chi connectivity index (χ1v) is 9.23. The van der Waals surface area contributed by atoms with E-state index in [1.807, 2.05) is 18.2 Å². The normalized spacial score (nSPS) is 17.5. The Balaban J connectivity index is 1.56. The Kier molecular flexibility index (Phi) is 6.55. The molecule has 0 bridgehead atoms. The monoisotopic (exact) mass is 389 g/mol. The largest absolute Gasteiger partial charge is 0.496 e. The van der Waals surface area contributed by atoms with Crippen LogP contribution in [0.5, 0.6) is 5.75 Å². The van der Waals surface area contributed by atoms with Gasteiger partial charge in [-0.15, -0.1) is 0 Å². The molecule has 2 aromatic rings. The first-order chi connectivity index (χ1) is 13.1. The van der Waals surface area contributed by atoms with Gasteiger partial charge in [-0.3, -0.25) is 9.69 Å². The molecule has 1 aliphatic heterocycles. The van der Waals surface area contributed by atoms with Crippen LogP contribution in [0.1, 0.15) is 15.9 Å². The highest BCUT2D eigenvalue weighted by atomic mass is 35.5. The van der Waals surface area contributed by atoms with Crippen LogP contribution in [0.25, 0.3) is 0 Å². The standard InChI is InChI=1S/C20H24ClN3O3/c1-26-19-10-17(21)18(22)9-16(19)20(25)23-11-15-13-24(7-8-27-15)12-14-5-3-2-4-6-14/h2-6,9-10,15H,7-8,11-13,22H2,1H3,(H,23,25). The van der Waals surface area contributed by atoms with Crippen molar-refractivity contribution in [3.05, 3.63) is 58.6 Å². The quantitative estimate of drug-likeness (QED) is 0.742. The van der Waals surface area contributed by atoms with Crippen molar-refractivity contribution in [1.82, 2.24) is 10.2 Å². The second-order valence-electron chi connectivity index (χ2n) is 6.50. The van der Waals surface area contributed by atoms with E-state index >= 15 is 0 Å². The van der Waals surface area contributed by atoms with Gasteiger partial charge in [0.15, 0.2) is 0 Å². The first-order valence-electron chi connectivity index (χ1n) is 8.86. The third-order valence-electron chi connectivity index (χ3n) is 4.53. The van der Waals surface area contributed by atoms with Crippen molar-refractivity contribution >= 4 is 23.2 Å². The van der Waals surface area contributed by atoms with Crippen molar-refractivity contribution in [2.24, 2.45) is 0 Å². The maximum atomic E-state index is 12.5. The Morgan fingerprint density at radius 1 is 1.37 bits per heavy atom. The number of carbonyl (C=O) groups is 1. The zero-order chi connectivity index (χ0) is 19.2. The minimum absolute atomic E-state index is 0.0675. The van der Waals surface area contributed by atoms with Crippen LogP contribution >= 0.6 is 11.6 Å². The summed E-state index contributed by atoms with van der Waals surface area (Å²) in [4.78, 5) is 14.9. The van der Waals surface area contributed by atoms with Crippen molar-refractivity contribution in [3.8, 4) is 5.75 Å². The van der Waals surface area contributed by atoms with Crippen molar-refractivity contribution in [2.45, 2.75) is 12.6 Å². The number of nitrogen functional groups attached to an aromatic ring is 1. The van der Waals surface area contributed by atoms with Crippen LogP contribution in [0.15, 0.2) is 42.5 Å². The summed E-state index contributed by atoms with van der Waals surface area (Å²) in [6.45, 7) is 3.56. The molecule has 1 amide bonds. The molecule has 0 spiro atoms. The first kappa shape index (κ1) is 19.5. The molecule has 3 N–H and O–H groups in total. The molecule has 0 aliphatic carbocycles. The smallest absolute Gasteiger partial charge is 0.255 e. The third-order valence-corrected chi connectivity index (χ3v) is 4.85. The molecule has 0 radical (unpaired) electrons. The highest BCUT2D eigenvalue weighted by molar-refractivity contribution is 6.33. The van der Waals surface area contributed by atoms with Gasteiger partial charge in [0, 0.05) is 32.2 Å². The number of anilines is 1. The van der Waals surface area contributed by atoms with Crippen molar-refractivity contribution in [1.29, 1.82) is 0 Å². The van der Waals surface area contributed by atoms with E-state index in [4.69, 9.17) is 26.8 Å². The summed E-state index contributed by atoms with van der Waals surface area (Å²) in [5, 5.41) is 3.26. The van der Waals surface area contributed by atoms with Crippen molar-refractivity contribution < 1.29 is 14.3 Å². The Morgan fingerprint density at radius 3 is 2.89 bits per heavy atom. The second-order valence-corrected chi connectivity index (χ2v) is 6.90. The van der Waals surface area contributed by atoms with Crippen LogP contribution in [0.2, 0.25) is 5.02 Å². The number of nitrogens with zero attached hydrogens (tertiary/aromatic N) is 1. The van der Waals surface area contributed by atoms with E-state index in [1.54, 1.807) is 6.07 Å². The molecule has 1 unspecified atom stereocenters. The predicted octanol–water partition coefficient (Wildman–Crippen LogP) is 2.56. The Morgan fingerprint density at radius 2 is 2.15 bits per heavy atom. The summed E-state index contributed by atoms with van der Waals surface area (Å²) in [5.41, 5.74) is 7.78. The van der Waals surface area contributed by atoms with Crippen LogP contribution in [0.4, 0.5) is 5.69 Å². The molecule has 0 aromatic heterocycles. The zero-order valence-corrected chi connectivity index (χ0v) is 16.0. The van der Waals surface area contributed by atoms with Gasteiger partial charge in [0.1, 0.15) is 5.75 Å². The summed E-state index contributed by atoms with van der Waals surface area (Å²) in [5.74, 6) is 0.126. The lowest BCUT2D eigenvalue weighted by Crippen LogP contribution is -2.47. The molecule has 6 nitrogen and oxygen atoms in total. The van der Waals surface area contributed by atoms with Gasteiger partial charge >= 0.3 is 0 Å². The fourth-order valence-corrected chi connectivity index (χ4v) is 3.26. The molecule has 1 aliphatic rings. The van der Waals surface area contributed by atoms with Gasteiger partial charge in [-0.25, -0.2) is 0 Å². The maximum Gasteiger partial charge on any atom is 0.255 e. The van der Waals surface area contributed by atoms with E-state index < -0.39 is 0 Å². The number of rotatable bonds is 6. The van der Waals surface area contributed by atoms with E-state index in [-0.39, 0.29) is 12.0 Å². The lowest BCUT2D eigenvalue weighted by Gasteiger charge is -2.33. The highest BCUT2D eigenvalue weighted by Gasteiger charge is 2.22. The number of methoxy groups -OCH3 is 1. The number of benzene rings is 2. The van der Waals surface area contributed by atoms with Crippen molar-refractivity contribution in [3.63, 3.8) is 0 Å². The van der Waals surface area contributed by atoms with Gasteiger partial charge in [0.2, 0.25) is 0 Å². The topological polar surface area (TPSA) is 76.8 Å². The summed E-state index contributed by atoms with van der Waals surface area (Å²) in [6.07, 6.45) is -0.0675. The van der Waals surface area contributed by atoms with E-state index in [0.29, 0.717) is 35.2 Å². The van der Waals surface area contributed by atoms with E-state index in [9.17, 15) is 4.79 Å². The lowest BCUT2D eigenvalue weighted by molar-refractivity contribution is -0.0292. The van der Waals surface area contributed by atoms with Gasteiger partial charge < -0.3 is 20.5 Å². The third kappa shape index (κ3) is 5.13. The lowest BCUT2D eigenvalue weighted by atomic mass is 10.1. The minimum atomic E-state index is -0.265. The van der Waals surface area contributed by atoms with Crippen LogP contribution in [-0.4, -0.2) is 50.3 Å².